The van der Waals surface area contributed by atoms with Crippen LogP contribution in [0.25, 0.3) is 0 Å². The number of carbonyl (C=O) groups is 2. The lowest BCUT2D eigenvalue weighted by Gasteiger charge is -2.35. The normalized spacial score (nSPS) is 12.6. The van der Waals surface area contributed by atoms with Crippen LogP contribution in [-0.2, 0) is 32.6 Å². The Hall–Kier alpha value is -3.07. The first-order valence-electron chi connectivity index (χ1n) is 13.7. The molecule has 0 aliphatic heterocycles. The van der Waals surface area contributed by atoms with Crippen LogP contribution in [0.2, 0.25) is 10.0 Å². The zero-order chi connectivity index (χ0) is 31.2. The Morgan fingerprint density at radius 2 is 1.50 bits per heavy atom. The van der Waals surface area contributed by atoms with E-state index in [1.807, 2.05) is 77.1 Å². The number of para-hydroxylation sites is 1. The maximum absolute atomic E-state index is 14.3. The van der Waals surface area contributed by atoms with Crippen molar-refractivity contribution < 1.29 is 18.0 Å². The van der Waals surface area contributed by atoms with E-state index in [1.54, 1.807) is 30.3 Å². The molecule has 42 heavy (non-hydrogen) atoms. The average Bonchev–Trinajstić information content (AvgIpc) is 2.90. The van der Waals surface area contributed by atoms with E-state index >= 15 is 0 Å². The molecule has 0 saturated heterocycles. The molecule has 2 amide bonds. The van der Waals surface area contributed by atoms with Gasteiger partial charge in [-0.1, -0.05) is 91.6 Å². The third-order valence-corrected chi connectivity index (χ3v) is 8.48. The lowest BCUT2D eigenvalue weighted by atomic mass is 10.00. The van der Waals surface area contributed by atoms with Gasteiger partial charge in [-0.15, -0.1) is 0 Å². The molecule has 0 fully saturated rings. The number of nitrogens with zero attached hydrogens (tertiary/aromatic N) is 2. The summed E-state index contributed by atoms with van der Waals surface area (Å²) in [6.07, 6.45) is 1.30. The summed E-state index contributed by atoms with van der Waals surface area (Å²) in [6.45, 7) is 9.04. The summed E-state index contributed by atoms with van der Waals surface area (Å²) in [6, 6.07) is 20.6. The highest BCUT2D eigenvalue weighted by atomic mass is 35.5. The monoisotopic (exact) mass is 631 g/mol. The number of benzene rings is 3. The van der Waals surface area contributed by atoms with Gasteiger partial charge in [-0.25, -0.2) is 8.42 Å². The van der Waals surface area contributed by atoms with Crippen molar-refractivity contribution in [3.05, 3.63) is 99.5 Å². The lowest BCUT2D eigenvalue weighted by molar-refractivity contribution is -0.140. The SMILES string of the molecule is CC(C)c1ccccc1N(CC(=O)N(Cc1ccc(Cl)c(Cl)c1)[C@H](Cc1ccccc1)C(=O)NC(C)(C)C)S(C)(=O)=O. The van der Waals surface area contributed by atoms with E-state index < -0.39 is 34.1 Å². The largest absolute Gasteiger partial charge is 0.350 e. The number of sulfonamides is 1. The summed E-state index contributed by atoms with van der Waals surface area (Å²) in [5, 5.41) is 3.68. The van der Waals surface area contributed by atoms with Gasteiger partial charge in [-0.05, 0) is 61.6 Å². The highest BCUT2D eigenvalue weighted by molar-refractivity contribution is 7.92. The topological polar surface area (TPSA) is 86.8 Å². The molecule has 0 bridgehead atoms. The van der Waals surface area contributed by atoms with Crippen molar-refractivity contribution in [3.63, 3.8) is 0 Å². The van der Waals surface area contributed by atoms with Gasteiger partial charge >= 0.3 is 0 Å². The Bertz CT molecular complexity index is 1510. The Morgan fingerprint density at radius 3 is 2.07 bits per heavy atom. The molecule has 0 unspecified atom stereocenters. The van der Waals surface area contributed by atoms with Gasteiger partial charge in [0.15, 0.2) is 0 Å². The van der Waals surface area contributed by atoms with E-state index in [2.05, 4.69) is 5.32 Å². The number of carbonyl (C=O) groups excluding carboxylic acids is 2. The minimum absolute atomic E-state index is 0.00815. The number of hydrogen-bond donors (Lipinski definition) is 1. The molecule has 0 aromatic heterocycles. The van der Waals surface area contributed by atoms with Gasteiger partial charge in [0.25, 0.3) is 0 Å². The van der Waals surface area contributed by atoms with Gasteiger partial charge in [-0.2, -0.15) is 0 Å². The van der Waals surface area contributed by atoms with Gasteiger partial charge < -0.3 is 10.2 Å². The van der Waals surface area contributed by atoms with Crippen molar-refractivity contribution in [3.8, 4) is 0 Å². The van der Waals surface area contributed by atoms with E-state index in [4.69, 9.17) is 23.2 Å². The predicted octanol–water partition coefficient (Wildman–Crippen LogP) is 6.44. The molecule has 226 valence electrons. The van der Waals surface area contributed by atoms with Crippen LogP contribution in [0, 0.1) is 0 Å². The lowest BCUT2D eigenvalue weighted by Crippen LogP contribution is -2.56. The summed E-state index contributed by atoms with van der Waals surface area (Å²) in [7, 11) is -3.87. The maximum atomic E-state index is 14.3. The van der Waals surface area contributed by atoms with E-state index in [-0.39, 0.29) is 24.8 Å². The van der Waals surface area contributed by atoms with Crippen molar-refractivity contribution in [2.75, 3.05) is 17.1 Å². The first kappa shape index (κ1) is 33.4. The number of hydrogen-bond acceptors (Lipinski definition) is 4. The van der Waals surface area contributed by atoms with Crippen LogP contribution in [-0.4, -0.2) is 49.5 Å². The van der Waals surface area contributed by atoms with Crippen molar-refractivity contribution in [2.24, 2.45) is 0 Å². The van der Waals surface area contributed by atoms with Crippen LogP contribution in [0.15, 0.2) is 72.8 Å². The van der Waals surface area contributed by atoms with E-state index in [9.17, 15) is 18.0 Å². The van der Waals surface area contributed by atoms with Crippen molar-refractivity contribution in [1.82, 2.24) is 10.2 Å². The van der Waals surface area contributed by atoms with Crippen LogP contribution in [0.4, 0.5) is 5.69 Å². The zero-order valence-corrected chi connectivity index (χ0v) is 27.2. The molecule has 0 radical (unpaired) electrons. The molecular weight excluding hydrogens is 593 g/mol. The Kier molecular flexibility index (Phi) is 11.1. The van der Waals surface area contributed by atoms with Gasteiger partial charge in [0.05, 0.1) is 22.0 Å². The quantitative estimate of drug-likeness (QED) is 0.264. The highest BCUT2D eigenvalue weighted by Gasteiger charge is 2.35. The molecule has 0 saturated carbocycles. The summed E-state index contributed by atoms with van der Waals surface area (Å²) in [5.41, 5.74) is 2.14. The molecule has 1 N–H and O–H groups in total. The first-order valence-corrected chi connectivity index (χ1v) is 16.3. The van der Waals surface area contributed by atoms with Crippen LogP contribution >= 0.6 is 23.2 Å². The molecule has 7 nitrogen and oxygen atoms in total. The zero-order valence-electron chi connectivity index (χ0n) is 24.9. The Balaban J connectivity index is 2.13. The average molecular weight is 633 g/mol. The number of halogens is 2. The molecular formula is C32H39Cl2N3O4S. The third-order valence-electron chi connectivity index (χ3n) is 6.61. The third kappa shape index (κ3) is 9.21. The summed E-state index contributed by atoms with van der Waals surface area (Å²) in [4.78, 5) is 29.6. The van der Waals surface area contributed by atoms with Crippen molar-refractivity contribution >= 4 is 50.7 Å². The van der Waals surface area contributed by atoms with Crippen LogP contribution in [0.1, 0.15) is 57.2 Å². The minimum Gasteiger partial charge on any atom is -0.350 e. The fourth-order valence-corrected chi connectivity index (χ4v) is 5.83. The Labute approximate surface area is 259 Å². The molecule has 10 heteroatoms. The van der Waals surface area contributed by atoms with Gasteiger partial charge in [0.2, 0.25) is 21.8 Å². The van der Waals surface area contributed by atoms with Gasteiger partial charge in [-0.3, -0.25) is 13.9 Å². The van der Waals surface area contributed by atoms with Crippen molar-refractivity contribution in [2.45, 2.75) is 65.1 Å². The summed E-state index contributed by atoms with van der Waals surface area (Å²) >= 11 is 12.5. The molecule has 3 rings (SSSR count). The first-order chi connectivity index (χ1) is 19.6. The fourth-order valence-electron chi connectivity index (χ4n) is 4.64. The molecule has 0 spiro atoms. The molecule has 1 atom stereocenters. The smallest absolute Gasteiger partial charge is 0.244 e. The highest BCUT2D eigenvalue weighted by Crippen LogP contribution is 2.30. The number of anilines is 1. The number of rotatable bonds is 11. The van der Waals surface area contributed by atoms with Crippen molar-refractivity contribution in [1.29, 1.82) is 0 Å². The van der Waals surface area contributed by atoms with E-state index in [0.717, 1.165) is 21.7 Å². The Morgan fingerprint density at radius 1 is 0.881 bits per heavy atom. The van der Waals surface area contributed by atoms with Crippen LogP contribution < -0.4 is 9.62 Å². The molecule has 0 aliphatic carbocycles. The molecule has 3 aromatic carbocycles. The number of amides is 2. The second-order valence-corrected chi connectivity index (χ2v) is 14.4. The minimum atomic E-state index is -3.87. The van der Waals surface area contributed by atoms with Crippen LogP contribution in [0.3, 0.4) is 0 Å². The van der Waals surface area contributed by atoms with Gasteiger partial charge in [0.1, 0.15) is 12.6 Å². The second-order valence-electron chi connectivity index (χ2n) is 11.7. The maximum Gasteiger partial charge on any atom is 0.244 e. The molecule has 0 aliphatic rings. The van der Waals surface area contributed by atoms with E-state index in [0.29, 0.717) is 21.3 Å². The second kappa shape index (κ2) is 13.9. The fraction of sp³-hybridized carbons (Fsp3) is 0.375. The van der Waals surface area contributed by atoms with Crippen LogP contribution in [0.5, 0.6) is 0 Å². The molecule has 0 heterocycles. The molecule has 3 aromatic rings. The van der Waals surface area contributed by atoms with Gasteiger partial charge in [0, 0.05) is 18.5 Å². The standard InChI is InChI=1S/C32H39Cl2N3O4S/c1-22(2)25-14-10-11-15-28(25)37(42(6,40)41)21-30(38)36(20-24-16-17-26(33)27(34)18-24)29(31(39)35-32(3,4)5)19-23-12-8-7-9-13-23/h7-18,22,29H,19-21H2,1-6H3,(H,35,39)/t29-/m1/s1. The van der Waals surface area contributed by atoms with E-state index in [1.165, 1.54) is 4.90 Å². The summed E-state index contributed by atoms with van der Waals surface area (Å²) < 4.78 is 27.4. The number of nitrogens with one attached hydrogen (secondary N) is 1. The summed E-state index contributed by atoms with van der Waals surface area (Å²) in [5.74, 6) is -0.875. The predicted molar refractivity (Wildman–Crippen MR) is 172 cm³/mol.